The molecule has 3 rings (SSSR count). The van der Waals surface area contributed by atoms with Gasteiger partial charge in [0.1, 0.15) is 0 Å². The molecule has 0 amide bonds. The molecule has 210 valence electrons. The van der Waals surface area contributed by atoms with Gasteiger partial charge in [-0.3, -0.25) is 0 Å². The normalized spacial score (nSPS) is 21.6. The van der Waals surface area contributed by atoms with Crippen LogP contribution in [0.1, 0.15) is 86.5 Å². The van der Waals surface area contributed by atoms with Gasteiger partial charge in [0.15, 0.2) is 5.79 Å². The van der Waals surface area contributed by atoms with Gasteiger partial charge in [-0.1, -0.05) is 101 Å². The molecule has 0 aromatic heterocycles. The lowest BCUT2D eigenvalue weighted by molar-refractivity contribution is -0.303. The lowest BCUT2D eigenvalue weighted by Gasteiger charge is -2.46. The number of benzene rings is 2. The zero-order chi connectivity index (χ0) is 27.8. The molecule has 2 aromatic carbocycles. The molecule has 1 fully saturated rings. The second-order valence-corrected chi connectivity index (χ2v) is 16.6. The summed E-state index contributed by atoms with van der Waals surface area (Å²) < 4.78 is 20.0. The van der Waals surface area contributed by atoms with Crippen molar-refractivity contribution in [2.75, 3.05) is 0 Å². The first kappa shape index (κ1) is 30.8. The fourth-order valence-corrected chi connectivity index (χ4v) is 10.8. The minimum Gasteiger partial charge on any atom is -0.404 e. The molecule has 0 radical (unpaired) electrons. The molecule has 1 aliphatic rings. The van der Waals surface area contributed by atoms with Crippen LogP contribution in [-0.2, 0) is 13.9 Å². The Bertz CT molecular complexity index is 930. The maximum Gasteiger partial charge on any atom is 0.261 e. The minimum atomic E-state index is -2.62. The van der Waals surface area contributed by atoms with E-state index in [-0.39, 0.29) is 23.4 Å². The van der Waals surface area contributed by atoms with Crippen LogP contribution in [0, 0.1) is 0 Å². The Morgan fingerprint density at radius 2 is 1.55 bits per heavy atom. The molecule has 4 nitrogen and oxygen atoms in total. The predicted octanol–water partition coefficient (Wildman–Crippen LogP) is 6.75. The predicted molar refractivity (Wildman–Crippen MR) is 161 cm³/mol. The SMILES string of the molecule is C=CC[C@@H](O)C[C@@H]1C[C@H](CC[C@H](CCC)O[Si](c2ccccc2)(c2ccccc2)C(C)(C)C)OC(C)(C)O1. The lowest BCUT2D eigenvalue weighted by Crippen LogP contribution is -2.67. The van der Waals surface area contributed by atoms with E-state index in [4.69, 9.17) is 13.9 Å². The highest BCUT2D eigenvalue weighted by Gasteiger charge is 2.51. The largest absolute Gasteiger partial charge is 0.404 e. The number of ether oxygens (including phenoxy) is 2. The van der Waals surface area contributed by atoms with Crippen molar-refractivity contribution in [1.29, 1.82) is 0 Å². The number of aliphatic hydroxyl groups excluding tert-OH is 1. The third kappa shape index (κ3) is 7.89. The average molecular weight is 539 g/mol. The van der Waals surface area contributed by atoms with Gasteiger partial charge in [0.2, 0.25) is 0 Å². The quantitative estimate of drug-likeness (QED) is 0.226. The van der Waals surface area contributed by atoms with E-state index in [0.29, 0.717) is 12.8 Å². The molecular formula is C33H50O4Si. The highest BCUT2D eigenvalue weighted by atomic mass is 28.4. The van der Waals surface area contributed by atoms with Gasteiger partial charge in [-0.2, -0.15) is 0 Å². The molecule has 38 heavy (non-hydrogen) atoms. The van der Waals surface area contributed by atoms with Crippen molar-refractivity contribution in [3.8, 4) is 0 Å². The summed E-state index contributed by atoms with van der Waals surface area (Å²) in [6, 6.07) is 21.8. The summed E-state index contributed by atoms with van der Waals surface area (Å²) in [5.41, 5.74) is 0. The van der Waals surface area contributed by atoms with Crippen LogP contribution in [0.25, 0.3) is 0 Å². The van der Waals surface area contributed by atoms with E-state index < -0.39 is 20.2 Å². The summed E-state index contributed by atoms with van der Waals surface area (Å²) in [5, 5.41) is 12.9. The van der Waals surface area contributed by atoms with Gasteiger partial charge >= 0.3 is 0 Å². The number of hydrogen-bond donors (Lipinski definition) is 1. The van der Waals surface area contributed by atoms with Gasteiger partial charge < -0.3 is 19.0 Å². The molecule has 0 bridgehead atoms. The van der Waals surface area contributed by atoms with E-state index in [1.807, 2.05) is 13.8 Å². The van der Waals surface area contributed by atoms with Gasteiger partial charge in [-0.05, 0) is 54.9 Å². The maximum absolute atomic E-state index is 10.4. The van der Waals surface area contributed by atoms with Crippen molar-refractivity contribution in [1.82, 2.24) is 0 Å². The Morgan fingerprint density at radius 1 is 1.00 bits per heavy atom. The summed E-state index contributed by atoms with van der Waals surface area (Å²) in [4.78, 5) is 0. The van der Waals surface area contributed by atoms with E-state index >= 15 is 0 Å². The monoisotopic (exact) mass is 538 g/mol. The zero-order valence-corrected chi connectivity index (χ0v) is 25.5. The van der Waals surface area contributed by atoms with Crippen LogP contribution in [0.4, 0.5) is 0 Å². The topological polar surface area (TPSA) is 47.9 Å². The summed E-state index contributed by atoms with van der Waals surface area (Å²) in [5.74, 6) is -0.666. The summed E-state index contributed by atoms with van der Waals surface area (Å²) in [6.45, 7) is 17.0. The van der Waals surface area contributed by atoms with E-state index in [1.165, 1.54) is 10.4 Å². The molecule has 1 heterocycles. The Kier molecular flexibility index (Phi) is 11.0. The minimum absolute atomic E-state index is 0.0269. The van der Waals surface area contributed by atoms with Gasteiger partial charge in [0.05, 0.1) is 18.3 Å². The summed E-state index contributed by atoms with van der Waals surface area (Å²) in [7, 11) is -2.62. The van der Waals surface area contributed by atoms with Gasteiger partial charge in [0.25, 0.3) is 8.32 Å². The fourth-order valence-electron chi connectivity index (χ4n) is 6.03. The third-order valence-corrected chi connectivity index (χ3v) is 12.7. The molecule has 0 spiro atoms. The second-order valence-electron chi connectivity index (χ2n) is 12.3. The molecule has 4 atom stereocenters. The standard InChI is InChI=1S/C33H50O4Si/c1-8-16-26(34)24-29-25-28(35-33(6,7)36-29)23-22-27(17-9-2)37-38(32(3,4)5,30-18-12-10-13-19-30)31-20-14-11-15-21-31/h8,10-15,18-21,26-29,34H,1,9,16-17,22-25H2,2-7H3/t26-,27+,28+,29-/m1/s1. The molecule has 1 saturated heterocycles. The van der Waals surface area contributed by atoms with Crippen molar-refractivity contribution in [3.63, 3.8) is 0 Å². The van der Waals surface area contributed by atoms with Crippen molar-refractivity contribution < 1.29 is 19.0 Å². The van der Waals surface area contributed by atoms with E-state index in [9.17, 15) is 5.11 Å². The molecule has 5 heteroatoms. The van der Waals surface area contributed by atoms with Crippen molar-refractivity contribution in [2.45, 2.75) is 122 Å². The Hall–Kier alpha value is -1.76. The first-order chi connectivity index (χ1) is 18.0. The first-order valence-electron chi connectivity index (χ1n) is 14.4. The van der Waals surface area contributed by atoms with Gasteiger partial charge in [0, 0.05) is 18.9 Å². The van der Waals surface area contributed by atoms with Crippen LogP contribution in [0.3, 0.4) is 0 Å². The molecule has 1 N–H and O–H groups in total. The Morgan fingerprint density at radius 3 is 2.05 bits per heavy atom. The van der Waals surface area contributed by atoms with E-state index in [0.717, 1.165) is 32.1 Å². The number of hydrogen-bond acceptors (Lipinski definition) is 4. The third-order valence-electron chi connectivity index (χ3n) is 7.58. The highest BCUT2D eigenvalue weighted by Crippen LogP contribution is 2.39. The van der Waals surface area contributed by atoms with Crippen LogP contribution in [0.5, 0.6) is 0 Å². The molecule has 2 aromatic rings. The van der Waals surface area contributed by atoms with E-state index in [1.54, 1.807) is 6.08 Å². The van der Waals surface area contributed by atoms with Crippen LogP contribution >= 0.6 is 0 Å². The smallest absolute Gasteiger partial charge is 0.261 e. The number of aliphatic hydroxyl groups is 1. The van der Waals surface area contributed by atoms with Crippen molar-refractivity contribution >= 4 is 18.7 Å². The molecule has 0 saturated carbocycles. The van der Waals surface area contributed by atoms with Gasteiger partial charge in [-0.25, -0.2) is 0 Å². The van der Waals surface area contributed by atoms with Crippen LogP contribution in [0.2, 0.25) is 5.04 Å². The van der Waals surface area contributed by atoms with Crippen LogP contribution in [0.15, 0.2) is 73.3 Å². The average Bonchev–Trinajstić information content (AvgIpc) is 2.85. The van der Waals surface area contributed by atoms with Crippen molar-refractivity contribution in [3.05, 3.63) is 73.3 Å². The zero-order valence-electron chi connectivity index (χ0n) is 24.5. The van der Waals surface area contributed by atoms with Crippen LogP contribution < -0.4 is 10.4 Å². The molecule has 0 aliphatic carbocycles. The molecular weight excluding hydrogens is 488 g/mol. The molecule has 0 unspecified atom stereocenters. The maximum atomic E-state index is 10.4. The number of rotatable bonds is 13. The summed E-state index contributed by atoms with van der Waals surface area (Å²) in [6.07, 6.45) is 7.40. The molecule has 1 aliphatic heterocycles. The second kappa shape index (κ2) is 13.5. The highest BCUT2D eigenvalue weighted by molar-refractivity contribution is 6.99. The lowest BCUT2D eigenvalue weighted by atomic mass is 9.97. The van der Waals surface area contributed by atoms with Crippen LogP contribution in [-0.4, -0.2) is 43.6 Å². The van der Waals surface area contributed by atoms with Crippen molar-refractivity contribution in [2.24, 2.45) is 0 Å². The summed E-state index contributed by atoms with van der Waals surface area (Å²) >= 11 is 0. The van der Waals surface area contributed by atoms with Gasteiger partial charge in [-0.15, -0.1) is 6.58 Å². The Labute approximate surface area is 232 Å². The Balaban J connectivity index is 1.85. The first-order valence-corrected chi connectivity index (χ1v) is 16.3. The fraction of sp³-hybridized carbons (Fsp3) is 0.576. The van der Waals surface area contributed by atoms with E-state index in [2.05, 4.69) is 94.9 Å².